The number of nitrogens with zero attached hydrogens (tertiary/aromatic N) is 8. The van der Waals surface area contributed by atoms with E-state index in [-0.39, 0.29) is 54.0 Å². The first-order chi connectivity index (χ1) is 37.7. The number of aromatic nitrogens is 6. The molecular weight excluding hydrogens is 1290 g/mol. The summed E-state index contributed by atoms with van der Waals surface area (Å²) in [5, 5.41) is 6.35. The maximum atomic E-state index is 14.0. The van der Waals surface area contributed by atoms with Gasteiger partial charge >= 0.3 is 6.09 Å². The van der Waals surface area contributed by atoms with Gasteiger partial charge in [0.15, 0.2) is 0 Å². The van der Waals surface area contributed by atoms with Crippen molar-refractivity contribution in [2.24, 2.45) is 16.9 Å². The van der Waals surface area contributed by atoms with Gasteiger partial charge in [-0.2, -0.15) is 0 Å². The van der Waals surface area contributed by atoms with Crippen LogP contribution < -0.4 is 41.4 Å². The van der Waals surface area contributed by atoms with Crippen LogP contribution in [0.1, 0.15) is 107 Å². The number of benzene rings is 3. The third kappa shape index (κ3) is 14.3. The second-order valence-electron chi connectivity index (χ2n) is 20.9. The first kappa shape index (κ1) is 60.0. The van der Waals surface area contributed by atoms with E-state index in [0.717, 1.165) is 133 Å². The Morgan fingerprint density at radius 2 is 1.06 bits per heavy atom. The number of nitrogens with two attached hydrogens (primary N) is 2. The van der Waals surface area contributed by atoms with Gasteiger partial charge in [-0.05, 0) is 177 Å². The van der Waals surface area contributed by atoms with Crippen LogP contribution in [0.15, 0.2) is 110 Å². The lowest BCUT2D eigenvalue weighted by atomic mass is 9.72. The summed E-state index contributed by atoms with van der Waals surface area (Å²) in [6, 6.07) is 13.3. The number of piperidine rings is 3. The van der Waals surface area contributed by atoms with E-state index in [4.69, 9.17) is 30.4 Å². The van der Waals surface area contributed by atoms with E-state index < -0.39 is 17.3 Å². The zero-order valence-electron chi connectivity index (χ0n) is 44.0. The van der Waals surface area contributed by atoms with Crippen LogP contribution in [0.25, 0.3) is 0 Å². The Labute approximate surface area is 492 Å². The molecule has 3 aromatic heterocycles. The molecule has 6 aliphatic rings. The highest BCUT2D eigenvalue weighted by Gasteiger charge is 2.51. The second kappa shape index (κ2) is 25.8. The summed E-state index contributed by atoms with van der Waals surface area (Å²) in [6.07, 6.45) is 15.5. The van der Waals surface area contributed by atoms with Crippen molar-refractivity contribution in [1.29, 1.82) is 1.45 Å². The lowest BCUT2D eigenvalue weighted by molar-refractivity contribution is 0.0369. The summed E-state index contributed by atoms with van der Waals surface area (Å²) in [5.74, 6) is 2.33. The molecule has 24 heteroatoms. The van der Waals surface area contributed by atoms with Crippen LogP contribution in [-0.4, -0.2) is 93.5 Å². The minimum Gasteiger partial charge on any atom is -0.485 e. The first-order valence-electron chi connectivity index (χ1n) is 25.7. The number of halogens is 8. The zero-order valence-corrected chi connectivity index (χ0v) is 49.3. The third-order valence-corrected chi connectivity index (χ3v) is 16.5. The molecule has 424 valence electrons. The normalized spacial score (nSPS) is 20.5. The SMILES string of the molecule is Brc1cnc(Br)cn1.C.CC(C)(C)OC(=O)N[C@@H]1c2cc(F)ccc2CC12CCN(c1cnc(Br)cn1)CC2.N[C@@H]1c2cc(F)ccc2OC12CCN(c1cnc(Br)cn1)CC2.N[C@@H]1c2cc(F)ccc2OC12CCNCC2.[2H]F. The molecular formula is C55H64Br4F4N12O4. The van der Waals surface area contributed by atoms with Crippen molar-refractivity contribution in [3.05, 3.63) is 150 Å². The quantitative estimate of drug-likeness (QED) is 0.122. The molecule has 8 heterocycles. The summed E-state index contributed by atoms with van der Waals surface area (Å²) in [5.41, 5.74) is 14.6. The lowest BCUT2D eigenvalue weighted by Crippen LogP contribution is -2.51. The highest BCUT2D eigenvalue weighted by Crippen LogP contribution is 2.53. The number of alkyl carbamates (subject to hydrolysis) is 1. The van der Waals surface area contributed by atoms with Crippen LogP contribution in [0, 0.1) is 22.9 Å². The fraction of sp³-hybridized carbons (Fsp3) is 0.436. The van der Waals surface area contributed by atoms with Gasteiger partial charge in [0.05, 0.1) is 55.3 Å². The van der Waals surface area contributed by atoms with Gasteiger partial charge in [0, 0.05) is 68.4 Å². The standard InChI is InChI=1S/C22H26BrFN4O2.C16H16BrFN4O.C12H15FN2O.C4H2Br2N2.CH4.FH/c1-21(2,3)30-20(29)27-19-16-10-15(24)5-4-14(16)11-22(19)6-8-28(9-7-22)18-13-25-17(23)12-26-18;17-13-8-21-14(9-20-13)22-5-3-16(4-6-22)15(19)11-7-10(18)1-2-12(11)23-16;13-8-1-2-10-9(7-8)11(14)12(16-10)3-5-15-6-4-12;5-3-1-7-4(6)2-8-3;;/h4-5,10,12-13,19H,6-9,11H2,1-3H3,(H,27,29);1-2,7-9,15H,3-6,19H2;1-2,7,11,15H,3-6,14H2;1-2H;1H4;1H/t19-;15-;11-;;;/m111.../s1/i/hD. The Bertz CT molecular complexity index is 3010. The van der Waals surface area contributed by atoms with E-state index in [2.05, 4.69) is 116 Å². The van der Waals surface area contributed by atoms with Crippen molar-refractivity contribution in [2.45, 2.75) is 108 Å². The molecule has 3 spiro atoms. The zero-order chi connectivity index (χ0) is 56.7. The molecule has 1 aliphatic carbocycles. The van der Waals surface area contributed by atoms with Gasteiger partial charge in [0.2, 0.25) is 0 Å². The molecule has 0 bridgehead atoms. The molecule has 16 nitrogen and oxygen atoms in total. The van der Waals surface area contributed by atoms with Crippen molar-refractivity contribution in [2.75, 3.05) is 49.1 Å². The Morgan fingerprint density at radius 1 is 0.658 bits per heavy atom. The number of fused-ring (bicyclic) bond motifs is 3. The average molecular weight is 1350 g/mol. The van der Waals surface area contributed by atoms with Crippen LogP contribution in [0.4, 0.5) is 34.3 Å². The van der Waals surface area contributed by atoms with Gasteiger partial charge in [0.1, 0.15) is 75.8 Å². The fourth-order valence-corrected chi connectivity index (χ4v) is 11.8. The summed E-state index contributed by atoms with van der Waals surface area (Å²) in [7, 11) is 0. The summed E-state index contributed by atoms with van der Waals surface area (Å²) in [4.78, 5) is 42.1. The number of carbonyl (C=O) groups is 1. The maximum Gasteiger partial charge on any atom is 0.408 e. The minimum atomic E-state index is -0.593. The number of ether oxygens (including phenoxy) is 3. The van der Waals surface area contributed by atoms with Crippen LogP contribution in [0.5, 0.6) is 11.5 Å². The topological polar surface area (TPSA) is 205 Å². The van der Waals surface area contributed by atoms with Gasteiger partial charge < -0.3 is 46.1 Å². The van der Waals surface area contributed by atoms with Crippen molar-refractivity contribution >= 4 is 81.4 Å². The molecule has 3 aromatic carbocycles. The summed E-state index contributed by atoms with van der Waals surface area (Å²) >= 11 is 12.9. The van der Waals surface area contributed by atoms with Crippen molar-refractivity contribution in [3.8, 4) is 11.5 Å². The van der Waals surface area contributed by atoms with E-state index >= 15 is 0 Å². The highest BCUT2D eigenvalue weighted by atomic mass is 79.9. The number of amides is 1. The van der Waals surface area contributed by atoms with Crippen molar-refractivity contribution in [1.82, 2.24) is 40.5 Å². The molecule has 79 heavy (non-hydrogen) atoms. The molecule has 12 rings (SSSR count). The lowest BCUT2D eigenvalue weighted by Gasteiger charge is -2.43. The van der Waals surface area contributed by atoms with Gasteiger partial charge in [-0.15, -0.1) is 0 Å². The molecule has 3 fully saturated rings. The number of hydrogen-bond donors (Lipinski definition) is 4. The number of anilines is 2. The predicted molar refractivity (Wildman–Crippen MR) is 309 cm³/mol. The molecule has 3 saturated heterocycles. The number of rotatable bonds is 3. The van der Waals surface area contributed by atoms with E-state index in [1.165, 1.54) is 30.3 Å². The monoisotopic (exact) mass is 1350 g/mol. The largest absolute Gasteiger partial charge is 0.485 e. The number of hydrogen-bond acceptors (Lipinski definition) is 15. The van der Waals surface area contributed by atoms with Gasteiger partial charge in [-0.25, -0.2) is 47.9 Å². The Hall–Kier alpha value is -5.11. The van der Waals surface area contributed by atoms with Crippen LogP contribution >= 0.6 is 63.7 Å². The number of carbonyl (C=O) groups excluding carboxylic acids is 1. The first-order valence-corrected chi connectivity index (χ1v) is 28.4. The fourth-order valence-electron chi connectivity index (χ4n) is 11.0. The van der Waals surface area contributed by atoms with Gasteiger partial charge in [-0.3, -0.25) is 4.72 Å². The van der Waals surface area contributed by atoms with E-state index in [0.29, 0.717) is 15.0 Å². The number of nitrogens with one attached hydrogen (secondary N) is 2. The molecule has 0 saturated carbocycles. The Morgan fingerprint density at radius 3 is 1.49 bits per heavy atom. The van der Waals surface area contributed by atoms with Crippen molar-refractivity contribution in [3.63, 3.8) is 0 Å². The molecule has 0 unspecified atom stereocenters. The molecule has 5 aliphatic heterocycles. The third-order valence-electron chi connectivity index (χ3n) is 14.9. The van der Waals surface area contributed by atoms with Crippen LogP contribution in [-0.2, 0) is 11.2 Å². The highest BCUT2D eigenvalue weighted by molar-refractivity contribution is 9.11. The average Bonchev–Trinajstić information content (AvgIpc) is 4.02. The Balaban J connectivity index is 0.000000164. The Kier molecular flexibility index (Phi) is 19.6. The van der Waals surface area contributed by atoms with E-state index in [9.17, 15) is 18.0 Å². The summed E-state index contributed by atoms with van der Waals surface area (Å²) in [6.45, 7) is 10.5. The summed E-state index contributed by atoms with van der Waals surface area (Å²) < 4.78 is 74.2. The molecule has 1 amide bonds. The van der Waals surface area contributed by atoms with Crippen molar-refractivity contribution < 1.29 is 36.9 Å². The second-order valence-corrected chi connectivity index (χ2v) is 24.1. The van der Waals surface area contributed by atoms with E-state index in [1.54, 1.807) is 55.4 Å². The van der Waals surface area contributed by atoms with Gasteiger partial charge in [-0.1, -0.05) is 13.5 Å². The molecule has 6 aromatic rings. The van der Waals surface area contributed by atoms with Crippen LogP contribution in [0.2, 0.25) is 0 Å². The molecule has 6 N–H and O–H groups in total. The smallest absolute Gasteiger partial charge is 0.408 e. The maximum absolute atomic E-state index is 14.0. The predicted octanol–water partition coefficient (Wildman–Crippen LogP) is 11.7. The molecule has 0 radical (unpaired) electrons. The molecule has 3 atom stereocenters. The minimum absolute atomic E-state index is 0. The van der Waals surface area contributed by atoms with E-state index in [1.807, 2.05) is 26.8 Å². The van der Waals surface area contributed by atoms with Gasteiger partial charge in [0.25, 0.3) is 1.45 Å². The van der Waals surface area contributed by atoms with Crippen LogP contribution in [0.3, 0.4) is 0 Å².